The van der Waals surface area contributed by atoms with Gasteiger partial charge in [0.1, 0.15) is 0 Å². The zero-order valence-corrected chi connectivity index (χ0v) is 15.2. The lowest BCUT2D eigenvalue weighted by Gasteiger charge is -2.11. The molecule has 126 valence electrons. The van der Waals surface area contributed by atoms with Gasteiger partial charge in [-0.1, -0.05) is 29.2 Å². The summed E-state index contributed by atoms with van der Waals surface area (Å²) >= 11 is 2.98. The number of benzene rings is 1. The number of hydrogen-bond donors (Lipinski definition) is 2. The van der Waals surface area contributed by atoms with Crippen LogP contribution in [0.3, 0.4) is 0 Å². The smallest absolute Gasteiger partial charge is 0.237 e. The lowest BCUT2D eigenvalue weighted by atomic mass is 10.1. The van der Waals surface area contributed by atoms with Gasteiger partial charge in [-0.2, -0.15) is 0 Å². The summed E-state index contributed by atoms with van der Waals surface area (Å²) in [5.41, 5.74) is 3.68. The van der Waals surface area contributed by atoms with E-state index < -0.39 is 0 Å². The molecule has 1 amide bonds. The minimum atomic E-state index is -0.208. The third-order valence-electron chi connectivity index (χ3n) is 4.32. The number of thioether (sulfide) groups is 1. The standard InChI is InChI=1S/C17H20N4OS2/c1-10(23-17-21-20-16(24-17)19-13-7-8-13)15(22)18-14-6-5-11-3-2-4-12(11)9-14/h5-6,9-10,13H,2-4,7-8H2,1H3,(H,18,22)(H,19,20). The number of nitrogens with one attached hydrogen (secondary N) is 2. The number of fused-ring (bicyclic) bond motifs is 1. The monoisotopic (exact) mass is 360 g/mol. The summed E-state index contributed by atoms with van der Waals surface area (Å²) in [7, 11) is 0. The molecule has 1 heterocycles. The van der Waals surface area contributed by atoms with Gasteiger partial charge in [-0.25, -0.2) is 0 Å². The molecular weight excluding hydrogens is 340 g/mol. The first-order chi connectivity index (χ1) is 11.7. The van der Waals surface area contributed by atoms with E-state index in [0.29, 0.717) is 6.04 Å². The van der Waals surface area contributed by atoms with E-state index in [2.05, 4.69) is 33.0 Å². The maximum absolute atomic E-state index is 12.4. The Morgan fingerprint density at radius 1 is 1.29 bits per heavy atom. The second-order valence-corrected chi connectivity index (χ2v) is 8.94. The average molecular weight is 361 g/mol. The second kappa shape index (κ2) is 6.72. The van der Waals surface area contributed by atoms with Crippen LogP contribution in [0, 0.1) is 0 Å². The van der Waals surface area contributed by atoms with Gasteiger partial charge in [-0.05, 0) is 62.3 Å². The number of anilines is 2. The number of hydrogen-bond acceptors (Lipinski definition) is 6. The molecule has 1 aromatic carbocycles. The molecule has 1 aromatic heterocycles. The van der Waals surface area contributed by atoms with Crippen LogP contribution in [0.15, 0.2) is 22.5 Å². The Labute approximate surface area is 149 Å². The van der Waals surface area contributed by atoms with Gasteiger partial charge in [-0.3, -0.25) is 4.79 Å². The van der Waals surface area contributed by atoms with Crippen molar-refractivity contribution in [1.29, 1.82) is 0 Å². The Kier molecular flexibility index (Phi) is 4.45. The molecule has 4 rings (SSSR count). The molecule has 2 aromatic rings. The minimum absolute atomic E-state index is 0.00449. The van der Waals surface area contributed by atoms with Gasteiger partial charge in [0.05, 0.1) is 5.25 Å². The topological polar surface area (TPSA) is 66.9 Å². The number of carbonyl (C=O) groups is 1. The van der Waals surface area contributed by atoms with Gasteiger partial charge < -0.3 is 10.6 Å². The van der Waals surface area contributed by atoms with E-state index in [9.17, 15) is 4.79 Å². The molecule has 1 saturated carbocycles. The molecule has 0 spiro atoms. The van der Waals surface area contributed by atoms with Crippen molar-refractivity contribution < 1.29 is 4.79 Å². The molecule has 1 unspecified atom stereocenters. The predicted molar refractivity (Wildman–Crippen MR) is 99.0 cm³/mol. The summed E-state index contributed by atoms with van der Waals surface area (Å²) < 4.78 is 0.828. The molecule has 2 N–H and O–H groups in total. The van der Waals surface area contributed by atoms with E-state index in [1.165, 1.54) is 53.5 Å². The van der Waals surface area contributed by atoms with Gasteiger partial charge >= 0.3 is 0 Å². The maximum Gasteiger partial charge on any atom is 0.237 e. The van der Waals surface area contributed by atoms with E-state index in [-0.39, 0.29) is 11.2 Å². The lowest BCUT2D eigenvalue weighted by molar-refractivity contribution is -0.115. The first kappa shape index (κ1) is 15.9. The van der Waals surface area contributed by atoms with Crippen molar-refractivity contribution in [3.05, 3.63) is 29.3 Å². The summed E-state index contributed by atoms with van der Waals surface area (Å²) in [4.78, 5) is 12.4. The molecule has 24 heavy (non-hydrogen) atoms. The minimum Gasteiger partial charge on any atom is -0.357 e. The Morgan fingerprint density at radius 2 is 2.12 bits per heavy atom. The summed E-state index contributed by atoms with van der Waals surface area (Å²) in [6, 6.07) is 6.81. The summed E-state index contributed by atoms with van der Waals surface area (Å²) in [6.45, 7) is 1.91. The van der Waals surface area contributed by atoms with Gasteiger partial charge in [-0.15, -0.1) is 10.2 Å². The zero-order valence-electron chi connectivity index (χ0n) is 13.5. The van der Waals surface area contributed by atoms with Gasteiger partial charge in [0.25, 0.3) is 0 Å². The molecule has 0 saturated heterocycles. The summed E-state index contributed by atoms with van der Waals surface area (Å²) in [6.07, 6.45) is 5.91. The highest BCUT2D eigenvalue weighted by Crippen LogP contribution is 2.32. The largest absolute Gasteiger partial charge is 0.357 e. The number of carbonyl (C=O) groups excluding carboxylic acids is 1. The Hall–Kier alpha value is -1.60. The number of nitrogens with zero attached hydrogens (tertiary/aromatic N) is 2. The van der Waals surface area contributed by atoms with E-state index in [0.717, 1.165) is 28.0 Å². The maximum atomic E-state index is 12.4. The third-order valence-corrected chi connectivity index (χ3v) is 6.36. The fraction of sp³-hybridized carbons (Fsp3) is 0.471. The van der Waals surface area contributed by atoms with Crippen molar-refractivity contribution in [2.45, 2.75) is 54.7 Å². The summed E-state index contributed by atoms with van der Waals surface area (Å²) in [5, 5.41) is 15.3. The number of aromatic nitrogens is 2. The van der Waals surface area contributed by atoms with Gasteiger partial charge in [0.15, 0.2) is 4.34 Å². The Bertz CT molecular complexity index is 757. The predicted octanol–water partition coefficient (Wildman–Crippen LogP) is 3.72. The molecule has 5 nitrogen and oxygen atoms in total. The zero-order chi connectivity index (χ0) is 16.5. The third kappa shape index (κ3) is 3.72. The molecule has 2 aliphatic rings. The quantitative estimate of drug-likeness (QED) is 0.769. The van der Waals surface area contributed by atoms with E-state index in [1.54, 1.807) is 0 Å². The Morgan fingerprint density at radius 3 is 2.96 bits per heavy atom. The van der Waals surface area contributed by atoms with Crippen LogP contribution in [0.5, 0.6) is 0 Å². The van der Waals surface area contributed by atoms with E-state index in [4.69, 9.17) is 0 Å². The van der Waals surface area contributed by atoms with Crippen LogP contribution in [0.4, 0.5) is 10.8 Å². The molecule has 1 fully saturated rings. The molecule has 0 bridgehead atoms. The normalized spacial score (nSPS) is 17.4. The van der Waals surface area contributed by atoms with Crippen LogP contribution < -0.4 is 10.6 Å². The SMILES string of the molecule is CC(Sc1nnc(NC2CC2)s1)C(=O)Nc1ccc2c(c1)CCC2. The second-order valence-electron chi connectivity index (χ2n) is 6.38. The van der Waals surface area contributed by atoms with Crippen LogP contribution in [0.25, 0.3) is 0 Å². The fourth-order valence-corrected chi connectivity index (χ4v) is 4.79. The van der Waals surface area contributed by atoms with E-state index >= 15 is 0 Å². The number of aryl methyl sites for hydroxylation is 2. The van der Waals surface area contributed by atoms with Crippen LogP contribution in [-0.2, 0) is 17.6 Å². The van der Waals surface area contributed by atoms with Gasteiger partial charge in [0.2, 0.25) is 11.0 Å². The summed E-state index contributed by atoms with van der Waals surface area (Å²) in [5.74, 6) is 0.00449. The van der Waals surface area contributed by atoms with Crippen LogP contribution in [0.2, 0.25) is 0 Å². The van der Waals surface area contributed by atoms with Crippen molar-refractivity contribution in [2.24, 2.45) is 0 Å². The van der Waals surface area contributed by atoms with E-state index in [1.807, 2.05) is 13.0 Å². The van der Waals surface area contributed by atoms with Crippen LogP contribution in [0.1, 0.15) is 37.3 Å². The highest BCUT2D eigenvalue weighted by Gasteiger charge is 2.23. The average Bonchev–Trinajstić information content (AvgIpc) is 3.07. The van der Waals surface area contributed by atoms with Gasteiger partial charge in [0, 0.05) is 11.7 Å². The highest BCUT2D eigenvalue weighted by molar-refractivity contribution is 8.02. The van der Waals surface area contributed by atoms with Crippen molar-refractivity contribution in [1.82, 2.24) is 10.2 Å². The van der Waals surface area contributed by atoms with Crippen LogP contribution >= 0.6 is 23.1 Å². The first-order valence-electron chi connectivity index (χ1n) is 8.37. The molecule has 7 heteroatoms. The first-order valence-corrected chi connectivity index (χ1v) is 10.1. The van der Waals surface area contributed by atoms with Crippen molar-refractivity contribution >= 4 is 39.8 Å². The lowest BCUT2D eigenvalue weighted by Crippen LogP contribution is -2.22. The molecule has 2 aliphatic carbocycles. The van der Waals surface area contributed by atoms with Crippen molar-refractivity contribution in [3.63, 3.8) is 0 Å². The molecular formula is C17H20N4OS2. The number of amides is 1. The molecule has 0 aliphatic heterocycles. The highest BCUT2D eigenvalue weighted by atomic mass is 32.2. The van der Waals surface area contributed by atoms with Crippen molar-refractivity contribution in [2.75, 3.05) is 10.6 Å². The van der Waals surface area contributed by atoms with Crippen LogP contribution in [-0.4, -0.2) is 27.4 Å². The molecule has 0 radical (unpaired) electrons. The Balaban J connectivity index is 1.34. The molecule has 1 atom stereocenters. The fourth-order valence-electron chi connectivity index (χ4n) is 2.82. The van der Waals surface area contributed by atoms with Crippen molar-refractivity contribution in [3.8, 4) is 0 Å². The number of rotatable bonds is 6.